The van der Waals surface area contributed by atoms with E-state index in [4.69, 9.17) is 0 Å². The third-order valence-corrected chi connectivity index (χ3v) is 6.18. The lowest BCUT2D eigenvalue weighted by atomic mass is 10.0. The zero-order valence-electron chi connectivity index (χ0n) is 20.1. The summed E-state index contributed by atoms with van der Waals surface area (Å²) in [5, 5.41) is 12.6. The van der Waals surface area contributed by atoms with Gasteiger partial charge in [0.25, 0.3) is 0 Å². The average molecular weight is 477 g/mol. The van der Waals surface area contributed by atoms with Gasteiger partial charge in [-0.1, -0.05) is 19.9 Å². The number of fused-ring (bicyclic) bond motifs is 2. The van der Waals surface area contributed by atoms with E-state index in [1.165, 1.54) is 0 Å². The van der Waals surface area contributed by atoms with Crippen LogP contribution in [0.5, 0.6) is 0 Å². The van der Waals surface area contributed by atoms with Crippen molar-refractivity contribution in [3.8, 4) is 28.2 Å². The lowest BCUT2D eigenvalue weighted by molar-refractivity contribution is -0.118. The third kappa shape index (κ3) is 3.80. The second kappa shape index (κ2) is 8.46. The number of H-pyrrole nitrogens is 2. The van der Waals surface area contributed by atoms with Crippen LogP contribution >= 0.6 is 0 Å². The normalized spacial score (nSPS) is 11.6. The molecule has 6 rings (SSSR count). The fourth-order valence-corrected chi connectivity index (χ4v) is 4.27. The van der Waals surface area contributed by atoms with E-state index >= 15 is 0 Å². The Labute approximate surface area is 206 Å². The summed E-state index contributed by atoms with van der Waals surface area (Å²) < 4.78 is 2.00. The highest BCUT2D eigenvalue weighted by Gasteiger charge is 2.15. The van der Waals surface area contributed by atoms with Crippen LogP contribution in [-0.4, -0.2) is 40.6 Å². The molecule has 0 aliphatic heterocycles. The minimum absolute atomic E-state index is 0.0424. The minimum atomic E-state index is -0.109. The molecule has 9 heteroatoms. The van der Waals surface area contributed by atoms with Gasteiger partial charge in [0.15, 0.2) is 0 Å². The number of carbonyl (C=O) groups is 1. The Morgan fingerprint density at radius 1 is 1.03 bits per heavy atom. The van der Waals surface area contributed by atoms with Gasteiger partial charge in [0.05, 0.1) is 40.8 Å². The first-order chi connectivity index (χ1) is 17.5. The Hall–Kier alpha value is -4.79. The van der Waals surface area contributed by atoms with Crippen LogP contribution in [0.2, 0.25) is 0 Å². The van der Waals surface area contributed by atoms with E-state index in [9.17, 15) is 4.79 Å². The Morgan fingerprint density at radius 2 is 1.92 bits per heavy atom. The largest absolute Gasteiger partial charge is 0.338 e. The van der Waals surface area contributed by atoms with Crippen LogP contribution in [0.25, 0.3) is 50.1 Å². The van der Waals surface area contributed by atoms with Crippen molar-refractivity contribution in [1.29, 1.82) is 0 Å². The van der Waals surface area contributed by atoms with E-state index in [1.807, 2.05) is 55.8 Å². The second-order valence-corrected chi connectivity index (χ2v) is 9.14. The van der Waals surface area contributed by atoms with E-state index in [2.05, 4.69) is 47.6 Å². The number of nitrogens with one attached hydrogen (secondary N) is 3. The molecule has 0 radical (unpaired) electrons. The maximum absolute atomic E-state index is 12.1. The first kappa shape index (κ1) is 21.7. The van der Waals surface area contributed by atoms with Gasteiger partial charge in [-0.15, -0.1) is 0 Å². The Bertz CT molecular complexity index is 1740. The van der Waals surface area contributed by atoms with Gasteiger partial charge in [0, 0.05) is 40.8 Å². The summed E-state index contributed by atoms with van der Waals surface area (Å²) in [5.74, 6) is -0.151. The fourth-order valence-electron chi connectivity index (χ4n) is 4.27. The third-order valence-electron chi connectivity index (χ3n) is 6.18. The Kier molecular flexibility index (Phi) is 5.10. The number of amides is 1. The molecular weight excluding hydrogens is 452 g/mol. The number of aryl methyl sites for hydroxylation is 1. The van der Waals surface area contributed by atoms with Crippen LogP contribution in [0.1, 0.15) is 19.5 Å². The van der Waals surface area contributed by atoms with E-state index in [-0.39, 0.29) is 11.8 Å². The van der Waals surface area contributed by atoms with Gasteiger partial charge in [-0.3, -0.25) is 14.9 Å². The van der Waals surface area contributed by atoms with E-state index in [0.717, 1.165) is 55.8 Å². The van der Waals surface area contributed by atoms with Gasteiger partial charge >= 0.3 is 0 Å². The molecule has 0 spiro atoms. The van der Waals surface area contributed by atoms with Gasteiger partial charge in [-0.05, 0) is 42.8 Å². The van der Waals surface area contributed by atoms with Crippen molar-refractivity contribution in [3.63, 3.8) is 0 Å². The van der Waals surface area contributed by atoms with E-state index in [1.54, 1.807) is 24.9 Å². The van der Waals surface area contributed by atoms with Gasteiger partial charge in [-0.2, -0.15) is 5.10 Å². The zero-order chi connectivity index (χ0) is 24.8. The number of pyridine rings is 2. The molecule has 9 nitrogen and oxygen atoms in total. The van der Waals surface area contributed by atoms with E-state index < -0.39 is 0 Å². The van der Waals surface area contributed by atoms with Crippen LogP contribution in [0, 0.1) is 12.8 Å². The van der Waals surface area contributed by atoms with Gasteiger partial charge in [0.1, 0.15) is 11.3 Å². The van der Waals surface area contributed by atoms with Gasteiger partial charge in [0.2, 0.25) is 5.91 Å². The summed E-state index contributed by atoms with van der Waals surface area (Å²) >= 11 is 0. The Morgan fingerprint density at radius 3 is 2.72 bits per heavy atom. The molecule has 1 amide bonds. The van der Waals surface area contributed by atoms with Crippen LogP contribution in [-0.2, 0) is 4.79 Å². The number of rotatable bonds is 5. The number of benzene rings is 1. The standard InChI is InChI=1S/C27H24N8O/c1-15(2)27(36)31-19-8-18(11-28-12-19)17-4-5-22-20(9-17)25(34-33-22)23-10-21-24(6-7-29-26(21)32-23)35-13-16(3)30-14-35/h4-15H,1-3H3,(H,29,32)(H,31,36)(H,33,34). The monoisotopic (exact) mass is 476 g/mol. The summed E-state index contributed by atoms with van der Waals surface area (Å²) in [6.07, 6.45) is 9.02. The topological polar surface area (TPSA) is 117 Å². The SMILES string of the molecule is Cc1cn(-c2ccnc3[nH]c(-c4n[nH]c5ccc(-c6cncc(NC(=O)C(C)C)c6)cc45)cc23)cn1. The lowest BCUT2D eigenvalue weighted by Gasteiger charge is -2.09. The van der Waals surface area contributed by atoms with Crippen LogP contribution < -0.4 is 5.32 Å². The van der Waals surface area contributed by atoms with Crippen molar-refractivity contribution >= 4 is 33.5 Å². The molecule has 0 saturated heterocycles. The molecule has 36 heavy (non-hydrogen) atoms. The molecule has 178 valence electrons. The molecule has 3 N–H and O–H groups in total. The summed E-state index contributed by atoms with van der Waals surface area (Å²) in [4.78, 5) is 28.8. The summed E-state index contributed by atoms with van der Waals surface area (Å²) in [7, 11) is 0. The maximum Gasteiger partial charge on any atom is 0.226 e. The van der Waals surface area contributed by atoms with Crippen LogP contribution in [0.15, 0.2) is 67.5 Å². The molecule has 0 fully saturated rings. The number of aromatic nitrogens is 7. The molecule has 0 unspecified atom stereocenters. The predicted octanol–water partition coefficient (Wildman–Crippen LogP) is 5.26. The van der Waals surface area contributed by atoms with Crippen molar-refractivity contribution in [1.82, 2.24) is 34.7 Å². The quantitative estimate of drug-likeness (QED) is 0.314. The average Bonchev–Trinajstić information content (AvgIpc) is 3.61. The summed E-state index contributed by atoms with van der Waals surface area (Å²) in [6.45, 7) is 5.69. The Balaban J connectivity index is 1.41. The van der Waals surface area contributed by atoms with Gasteiger partial charge in [-0.25, -0.2) is 9.97 Å². The van der Waals surface area contributed by atoms with Crippen molar-refractivity contribution in [3.05, 3.63) is 73.2 Å². The molecular formula is C27H24N8O. The molecule has 0 bridgehead atoms. The molecule has 5 aromatic heterocycles. The van der Waals surface area contributed by atoms with Crippen molar-refractivity contribution in [2.45, 2.75) is 20.8 Å². The molecule has 0 saturated carbocycles. The van der Waals surface area contributed by atoms with Crippen LogP contribution in [0.3, 0.4) is 0 Å². The number of anilines is 1. The second-order valence-electron chi connectivity index (χ2n) is 9.14. The van der Waals surface area contributed by atoms with E-state index in [0.29, 0.717) is 5.69 Å². The molecule has 1 aromatic carbocycles. The number of imidazole rings is 1. The van der Waals surface area contributed by atoms with Crippen molar-refractivity contribution in [2.24, 2.45) is 5.92 Å². The number of nitrogens with zero attached hydrogens (tertiary/aromatic N) is 5. The van der Waals surface area contributed by atoms with Crippen molar-refractivity contribution in [2.75, 3.05) is 5.32 Å². The smallest absolute Gasteiger partial charge is 0.226 e. The zero-order valence-corrected chi connectivity index (χ0v) is 20.1. The van der Waals surface area contributed by atoms with Crippen LogP contribution in [0.4, 0.5) is 5.69 Å². The fraction of sp³-hybridized carbons (Fsp3) is 0.148. The minimum Gasteiger partial charge on any atom is -0.338 e. The summed E-state index contributed by atoms with van der Waals surface area (Å²) in [5.41, 5.74) is 7.85. The lowest BCUT2D eigenvalue weighted by Crippen LogP contribution is -2.17. The van der Waals surface area contributed by atoms with Gasteiger partial charge < -0.3 is 14.9 Å². The molecule has 5 heterocycles. The molecule has 6 aromatic rings. The highest BCUT2D eigenvalue weighted by Crippen LogP contribution is 2.33. The first-order valence-corrected chi connectivity index (χ1v) is 11.7. The maximum atomic E-state index is 12.1. The highest BCUT2D eigenvalue weighted by molar-refractivity contribution is 5.99. The van der Waals surface area contributed by atoms with Crippen molar-refractivity contribution < 1.29 is 4.79 Å². The molecule has 0 atom stereocenters. The molecule has 0 aliphatic carbocycles. The molecule has 0 aliphatic rings. The number of hydrogen-bond donors (Lipinski definition) is 3. The number of aromatic amines is 2. The highest BCUT2D eigenvalue weighted by atomic mass is 16.1. The number of carbonyl (C=O) groups excluding carboxylic acids is 1. The number of hydrogen-bond acceptors (Lipinski definition) is 5. The summed E-state index contributed by atoms with van der Waals surface area (Å²) in [6, 6.07) is 12.1. The predicted molar refractivity (Wildman–Crippen MR) is 140 cm³/mol. The first-order valence-electron chi connectivity index (χ1n) is 11.7.